The number of hydrogen-bond donors (Lipinski definition) is 1. The number of rotatable bonds is 4. The van der Waals surface area contributed by atoms with Gasteiger partial charge in [0.15, 0.2) is 0 Å². The number of nitrogens with zero attached hydrogens (tertiary/aromatic N) is 2. The van der Waals surface area contributed by atoms with Gasteiger partial charge in [0, 0.05) is 19.1 Å². The van der Waals surface area contributed by atoms with Crippen molar-refractivity contribution in [3.63, 3.8) is 0 Å². The van der Waals surface area contributed by atoms with E-state index in [1.165, 1.54) is 0 Å². The number of aromatic nitrogens is 2. The van der Waals surface area contributed by atoms with E-state index in [1.807, 2.05) is 6.07 Å². The van der Waals surface area contributed by atoms with Crippen LogP contribution in [0.1, 0.15) is 25.6 Å². The van der Waals surface area contributed by atoms with Crippen molar-refractivity contribution in [1.82, 2.24) is 9.97 Å². The Balaban J connectivity index is 2.06. The second-order valence-corrected chi connectivity index (χ2v) is 4.76. The van der Waals surface area contributed by atoms with E-state index in [0.29, 0.717) is 6.04 Å². The van der Waals surface area contributed by atoms with Crippen LogP contribution in [0.5, 0.6) is 0 Å². The third kappa shape index (κ3) is 3.15. The van der Waals surface area contributed by atoms with E-state index in [1.54, 1.807) is 0 Å². The number of ether oxygens (including phenoxy) is 1. The van der Waals surface area contributed by atoms with E-state index in [4.69, 9.17) is 4.74 Å². The molecular weight excluding hydrogens is 270 g/mol. The molecule has 0 radical (unpaired) electrons. The molecule has 0 bridgehead atoms. The first-order chi connectivity index (χ1) is 7.78. The molecule has 0 spiro atoms. The largest absolute Gasteiger partial charge is 0.379 e. The normalized spacial score (nSPS) is 20.0. The Morgan fingerprint density at radius 3 is 3.12 bits per heavy atom. The molecule has 2 heterocycles. The molecule has 1 aromatic rings. The maximum atomic E-state index is 5.32. The average molecular weight is 286 g/mol. The second-order valence-electron chi connectivity index (χ2n) is 3.95. The molecule has 1 unspecified atom stereocenters. The fourth-order valence-corrected chi connectivity index (χ4v) is 2.15. The van der Waals surface area contributed by atoms with Crippen LogP contribution in [0.4, 0.5) is 5.82 Å². The summed E-state index contributed by atoms with van der Waals surface area (Å²) < 4.78 is 6.16. The minimum atomic E-state index is 0.385. The van der Waals surface area contributed by atoms with E-state index in [9.17, 15) is 0 Å². The lowest BCUT2D eigenvalue weighted by Gasteiger charge is -2.12. The molecule has 1 aliphatic rings. The van der Waals surface area contributed by atoms with Gasteiger partial charge in [0.2, 0.25) is 0 Å². The lowest BCUT2D eigenvalue weighted by atomic mass is 10.2. The standard InChI is InChI=1S/C11H16BrN3O/c1-2-3-10-14-9(12)6-11(15-10)13-8-4-5-16-7-8/h6,8H,2-5,7H2,1H3,(H,13,14,15). The zero-order chi connectivity index (χ0) is 11.4. The predicted molar refractivity (Wildman–Crippen MR) is 66.6 cm³/mol. The van der Waals surface area contributed by atoms with Crippen molar-refractivity contribution in [3.8, 4) is 0 Å². The molecule has 1 aromatic heterocycles. The maximum absolute atomic E-state index is 5.32. The fraction of sp³-hybridized carbons (Fsp3) is 0.636. The summed E-state index contributed by atoms with van der Waals surface area (Å²) in [5.74, 6) is 1.78. The molecule has 0 aliphatic carbocycles. The topological polar surface area (TPSA) is 47.0 Å². The van der Waals surface area contributed by atoms with Gasteiger partial charge in [0.25, 0.3) is 0 Å². The summed E-state index contributed by atoms with van der Waals surface area (Å²) in [7, 11) is 0. The SMILES string of the molecule is CCCc1nc(Br)cc(NC2CCOC2)n1. The van der Waals surface area contributed by atoms with E-state index >= 15 is 0 Å². The highest BCUT2D eigenvalue weighted by Crippen LogP contribution is 2.16. The lowest BCUT2D eigenvalue weighted by Crippen LogP contribution is -2.20. The monoisotopic (exact) mass is 285 g/mol. The van der Waals surface area contributed by atoms with Crippen molar-refractivity contribution < 1.29 is 4.74 Å². The van der Waals surface area contributed by atoms with E-state index in [0.717, 1.165) is 48.7 Å². The summed E-state index contributed by atoms with van der Waals surface area (Å²) in [6.45, 7) is 3.73. The van der Waals surface area contributed by atoms with Crippen LogP contribution >= 0.6 is 15.9 Å². The Labute approximate surface area is 104 Å². The highest BCUT2D eigenvalue weighted by molar-refractivity contribution is 9.10. The Hall–Kier alpha value is -0.680. The van der Waals surface area contributed by atoms with Crippen molar-refractivity contribution in [3.05, 3.63) is 16.5 Å². The van der Waals surface area contributed by atoms with Crippen LogP contribution in [0, 0.1) is 0 Å². The number of halogens is 1. The van der Waals surface area contributed by atoms with Gasteiger partial charge in [-0.25, -0.2) is 9.97 Å². The third-order valence-electron chi connectivity index (χ3n) is 2.50. The van der Waals surface area contributed by atoms with Crippen LogP contribution < -0.4 is 5.32 Å². The second kappa shape index (κ2) is 5.59. The van der Waals surface area contributed by atoms with E-state index in [-0.39, 0.29) is 0 Å². The molecule has 0 amide bonds. The number of aryl methyl sites for hydroxylation is 1. The van der Waals surface area contributed by atoms with E-state index in [2.05, 4.69) is 38.1 Å². The first kappa shape index (κ1) is 11.8. The lowest BCUT2D eigenvalue weighted by molar-refractivity contribution is 0.195. The van der Waals surface area contributed by atoms with Crippen molar-refractivity contribution >= 4 is 21.7 Å². The number of nitrogens with one attached hydrogen (secondary N) is 1. The predicted octanol–water partition coefficient (Wildman–Crippen LogP) is 2.39. The Morgan fingerprint density at radius 2 is 2.44 bits per heavy atom. The summed E-state index contributed by atoms with van der Waals surface area (Å²) in [6, 6.07) is 2.30. The molecule has 0 saturated carbocycles. The first-order valence-electron chi connectivity index (χ1n) is 5.65. The van der Waals surface area contributed by atoms with E-state index < -0.39 is 0 Å². The molecule has 5 heteroatoms. The zero-order valence-corrected chi connectivity index (χ0v) is 11.0. The van der Waals surface area contributed by atoms with Gasteiger partial charge in [0.1, 0.15) is 16.2 Å². The van der Waals surface area contributed by atoms with Gasteiger partial charge < -0.3 is 10.1 Å². The Bertz CT molecular complexity index is 353. The molecule has 1 saturated heterocycles. The molecule has 1 N–H and O–H groups in total. The maximum Gasteiger partial charge on any atom is 0.132 e. The number of hydrogen-bond acceptors (Lipinski definition) is 4. The molecule has 1 aliphatic heterocycles. The summed E-state index contributed by atoms with van der Waals surface area (Å²) in [5, 5.41) is 3.37. The molecule has 1 atom stereocenters. The molecule has 1 fully saturated rings. The van der Waals surface area contributed by atoms with Crippen molar-refractivity contribution in [2.75, 3.05) is 18.5 Å². The van der Waals surface area contributed by atoms with Gasteiger partial charge >= 0.3 is 0 Å². The molecule has 88 valence electrons. The van der Waals surface area contributed by atoms with Crippen molar-refractivity contribution in [1.29, 1.82) is 0 Å². The van der Waals surface area contributed by atoms with Gasteiger partial charge in [0.05, 0.1) is 12.6 Å². The van der Waals surface area contributed by atoms with Crippen LogP contribution in [-0.2, 0) is 11.2 Å². The highest BCUT2D eigenvalue weighted by atomic mass is 79.9. The van der Waals surface area contributed by atoms with Gasteiger partial charge in [-0.1, -0.05) is 6.92 Å². The fourth-order valence-electron chi connectivity index (χ4n) is 1.73. The Kier molecular flexibility index (Phi) is 4.12. The molecular formula is C11H16BrN3O. The van der Waals surface area contributed by atoms with Crippen molar-refractivity contribution in [2.45, 2.75) is 32.2 Å². The minimum Gasteiger partial charge on any atom is -0.379 e. The summed E-state index contributed by atoms with van der Waals surface area (Å²) in [5.41, 5.74) is 0. The number of anilines is 1. The molecule has 16 heavy (non-hydrogen) atoms. The minimum absolute atomic E-state index is 0.385. The van der Waals surface area contributed by atoms with Crippen LogP contribution in [0.3, 0.4) is 0 Å². The smallest absolute Gasteiger partial charge is 0.132 e. The van der Waals surface area contributed by atoms with Crippen LogP contribution in [0.25, 0.3) is 0 Å². The van der Waals surface area contributed by atoms with Gasteiger partial charge in [-0.3, -0.25) is 0 Å². The van der Waals surface area contributed by atoms with Gasteiger partial charge in [-0.2, -0.15) is 0 Å². The Morgan fingerprint density at radius 1 is 1.56 bits per heavy atom. The summed E-state index contributed by atoms with van der Waals surface area (Å²) in [6.07, 6.45) is 3.02. The van der Waals surface area contributed by atoms with Gasteiger partial charge in [-0.15, -0.1) is 0 Å². The molecule has 2 rings (SSSR count). The first-order valence-corrected chi connectivity index (χ1v) is 6.45. The molecule has 0 aromatic carbocycles. The van der Waals surface area contributed by atoms with Crippen LogP contribution in [0.2, 0.25) is 0 Å². The summed E-state index contributed by atoms with van der Waals surface area (Å²) >= 11 is 3.41. The van der Waals surface area contributed by atoms with Crippen molar-refractivity contribution in [2.24, 2.45) is 0 Å². The molecule has 4 nitrogen and oxygen atoms in total. The summed E-state index contributed by atoms with van der Waals surface area (Å²) in [4.78, 5) is 8.81. The third-order valence-corrected chi connectivity index (χ3v) is 2.90. The average Bonchev–Trinajstić information content (AvgIpc) is 2.70. The van der Waals surface area contributed by atoms with Crippen LogP contribution in [0.15, 0.2) is 10.7 Å². The van der Waals surface area contributed by atoms with Crippen LogP contribution in [-0.4, -0.2) is 29.2 Å². The quantitative estimate of drug-likeness (QED) is 0.863. The highest BCUT2D eigenvalue weighted by Gasteiger charge is 2.16. The van der Waals surface area contributed by atoms with Gasteiger partial charge in [-0.05, 0) is 28.8 Å². The zero-order valence-electron chi connectivity index (χ0n) is 9.37.